The summed E-state index contributed by atoms with van der Waals surface area (Å²) in [4.78, 5) is 2.57. The first-order chi connectivity index (χ1) is 9.20. The highest BCUT2D eigenvalue weighted by atomic mass is 15.2. The number of nitrogens with zero attached hydrogens (tertiary/aromatic N) is 1. The Morgan fingerprint density at radius 2 is 1.89 bits per heavy atom. The minimum Gasteiger partial charge on any atom is -0.312 e. The Kier molecular flexibility index (Phi) is 6.15. The summed E-state index contributed by atoms with van der Waals surface area (Å²) in [6.07, 6.45) is 12.8. The fraction of sp³-hybridized carbons (Fsp3) is 1.00. The third kappa shape index (κ3) is 5.07. The highest BCUT2D eigenvalue weighted by Crippen LogP contribution is 2.28. The molecule has 0 amide bonds. The second kappa shape index (κ2) is 7.64. The van der Waals surface area contributed by atoms with Gasteiger partial charge in [0.25, 0.3) is 0 Å². The normalized spacial score (nSPS) is 30.3. The molecule has 0 aliphatic heterocycles. The lowest BCUT2D eigenvalue weighted by Crippen LogP contribution is -2.42. The van der Waals surface area contributed by atoms with E-state index in [2.05, 4.69) is 31.1 Å². The van der Waals surface area contributed by atoms with Crippen LogP contribution in [0.1, 0.15) is 71.6 Å². The van der Waals surface area contributed by atoms with Gasteiger partial charge in [-0.15, -0.1) is 0 Å². The number of likely N-dealkylation sites (N-methyl/N-ethyl adjacent to an activating group) is 1. The van der Waals surface area contributed by atoms with Crippen molar-refractivity contribution in [1.29, 1.82) is 0 Å². The van der Waals surface area contributed by atoms with E-state index in [1.165, 1.54) is 64.3 Å². The van der Waals surface area contributed by atoms with Crippen molar-refractivity contribution < 1.29 is 0 Å². The molecule has 2 nitrogen and oxygen atoms in total. The van der Waals surface area contributed by atoms with Crippen LogP contribution in [-0.4, -0.2) is 36.6 Å². The van der Waals surface area contributed by atoms with E-state index in [-0.39, 0.29) is 0 Å². The molecule has 0 bridgehead atoms. The molecule has 0 heterocycles. The number of hydrogen-bond donors (Lipinski definition) is 1. The molecule has 0 spiro atoms. The van der Waals surface area contributed by atoms with E-state index in [0.717, 1.165) is 18.0 Å². The van der Waals surface area contributed by atoms with E-state index in [4.69, 9.17) is 0 Å². The average molecular weight is 266 g/mol. The maximum absolute atomic E-state index is 3.85. The monoisotopic (exact) mass is 266 g/mol. The SMILES string of the molecule is CCCC1CCCC(NCC(C)N(C)C2CC2)CC1. The van der Waals surface area contributed by atoms with E-state index < -0.39 is 0 Å². The number of rotatable bonds is 7. The van der Waals surface area contributed by atoms with Crippen molar-refractivity contribution in [3.05, 3.63) is 0 Å². The van der Waals surface area contributed by atoms with Gasteiger partial charge in [-0.25, -0.2) is 0 Å². The number of nitrogens with one attached hydrogen (secondary N) is 1. The van der Waals surface area contributed by atoms with E-state index in [1.807, 2.05) is 0 Å². The maximum atomic E-state index is 3.85. The van der Waals surface area contributed by atoms with Crippen molar-refractivity contribution in [2.75, 3.05) is 13.6 Å². The van der Waals surface area contributed by atoms with Crippen molar-refractivity contribution in [1.82, 2.24) is 10.2 Å². The highest BCUT2D eigenvalue weighted by molar-refractivity contribution is 4.86. The van der Waals surface area contributed by atoms with Gasteiger partial charge in [-0.1, -0.05) is 32.6 Å². The molecule has 2 saturated carbocycles. The molecule has 0 radical (unpaired) electrons. The summed E-state index contributed by atoms with van der Waals surface area (Å²) in [5.74, 6) is 1.02. The summed E-state index contributed by atoms with van der Waals surface area (Å²) >= 11 is 0. The molecule has 112 valence electrons. The fourth-order valence-corrected chi connectivity index (χ4v) is 3.60. The molecule has 3 unspecified atom stereocenters. The smallest absolute Gasteiger partial charge is 0.0192 e. The third-order valence-corrected chi connectivity index (χ3v) is 5.31. The highest BCUT2D eigenvalue weighted by Gasteiger charge is 2.29. The van der Waals surface area contributed by atoms with Crippen LogP contribution in [0.2, 0.25) is 0 Å². The molecule has 2 aliphatic rings. The van der Waals surface area contributed by atoms with Crippen LogP contribution >= 0.6 is 0 Å². The van der Waals surface area contributed by atoms with Crippen molar-refractivity contribution >= 4 is 0 Å². The standard InChI is InChI=1S/C17H34N2/c1-4-6-15-7-5-8-16(10-9-15)18-13-14(2)19(3)17-11-12-17/h14-18H,4-13H2,1-3H3. The van der Waals surface area contributed by atoms with Gasteiger partial charge >= 0.3 is 0 Å². The topological polar surface area (TPSA) is 15.3 Å². The van der Waals surface area contributed by atoms with E-state index in [9.17, 15) is 0 Å². The Bertz CT molecular complexity index is 250. The maximum Gasteiger partial charge on any atom is 0.0192 e. The fourth-order valence-electron chi connectivity index (χ4n) is 3.60. The van der Waals surface area contributed by atoms with Crippen LogP contribution in [0.4, 0.5) is 0 Å². The van der Waals surface area contributed by atoms with Gasteiger partial charge in [0.2, 0.25) is 0 Å². The molecule has 0 saturated heterocycles. The van der Waals surface area contributed by atoms with Crippen LogP contribution < -0.4 is 5.32 Å². The summed E-state index contributed by atoms with van der Waals surface area (Å²) in [7, 11) is 2.30. The van der Waals surface area contributed by atoms with Crippen LogP contribution in [0.5, 0.6) is 0 Å². The molecule has 0 aromatic heterocycles. The van der Waals surface area contributed by atoms with E-state index >= 15 is 0 Å². The molecule has 0 aromatic rings. The van der Waals surface area contributed by atoms with Gasteiger partial charge in [-0.2, -0.15) is 0 Å². The Morgan fingerprint density at radius 1 is 1.11 bits per heavy atom. The van der Waals surface area contributed by atoms with Crippen LogP contribution in [0, 0.1) is 5.92 Å². The zero-order chi connectivity index (χ0) is 13.7. The Morgan fingerprint density at radius 3 is 2.58 bits per heavy atom. The van der Waals surface area contributed by atoms with Gasteiger partial charge in [0.1, 0.15) is 0 Å². The molecular weight excluding hydrogens is 232 g/mol. The largest absolute Gasteiger partial charge is 0.312 e. The first-order valence-corrected chi connectivity index (χ1v) is 8.66. The van der Waals surface area contributed by atoms with Crippen molar-refractivity contribution in [3.63, 3.8) is 0 Å². The van der Waals surface area contributed by atoms with Gasteiger partial charge in [0, 0.05) is 24.7 Å². The summed E-state index contributed by atoms with van der Waals surface area (Å²) in [5.41, 5.74) is 0. The molecule has 2 rings (SSSR count). The Hall–Kier alpha value is -0.0800. The summed E-state index contributed by atoms with van der Waals surface area (Å²) in [6.45, 7) is 5.88. The molecule has 19 heavy (non-hydrogen) atoms. The van der Waals surface area contributed by atoms with Gasteiger partial charge in [0.05, 0.1) is 0 Å². The molecule has 2 heteroatoms. The second-order valence-electron chi connectivity index (χ2n) is 7.01. The van der Waals surface area contributed by atoms with Crippen LogP contribution in [0.25, 0.3) is 0 Å². The molecule has 2 fully saturated rings. The predicted molar refractivity (Wildman–Crippen MR) is 83.5 cm³/mol. The van der Waals surface area contributed by atoms with Crippen LogP contribution in [0.3, 0.4) is 0 Å². The lowest BCUT2D eigenvalue weighted by atomic mass is 9.95. The molecular formula is C17H34N2. The Labute approximate surface area is 120 Å². The van der Waals surface area contributed by atoms with Gasteiger partial charge in [-0.05, 0) is 52.0 Å². The van der Waals surface area contributed by atoms with Crippen LogP contribution in [-0.2, 0) is 0 Å². The summed E-state index contributed by atoms with van der Waals surface area (Å²) in [5, 5.41) is 3.85. The van der Waals surface area contributed by atoms with Crippen molar-refractivity contribution in [2.45, 2.75) is 89.8 Å². The van der Waals surface area contributed by atoms with Crippen molar-refractivity contribution in [2.24, 2.45) is 5.92 Å². The van der Waals surface area contributed by atoms with E-state index in [0.29, 0.717) is 6.04 Å². The zero-order valence-corrected chi connectivity index (χ0v) is 13.3. The lowest BCUT2D eigenvalue weighted by Gasteiger charge is -2.27. The first kappa shape index (κ1) is 15.3. The minimum atomic E-state index is 0.696. The Balaban J connectivity index is 1.65. The second-order valence-corrected chi connectivity index (χ2v) is 7.01. The van der Waals surface area contributed by atoms with Gasteiger partial charge < -0.3 is 5.32 Å². The van der Waals surface area contributed by atoms with Crippen LogP contribution in [0.15, 0.2) is 0 Å². The predicted octanol–water partition coefficient (Wildman–Crippen LogP) is 3.81. The van der Waals surface area contributed by atoms with Gasteiger partial charge in [-0.3, -0.25) is 4.90 Å². The van der Waals surface area contributed by atoms with Crippen molar-refractivity contribution in [3.8, 4) is 0 Å². The molecule has 2 aliphatic carbocycles. The molecule has 3 atom stereocenters. The van der Waals surface area contributed by atoms with Gasteiger partial charge in [0.15, 0.2) is 0 Å². The average Bonchev–Trinajstić information content (AvgIpc) is 3.23. The molecule has 0 aromatic carbocycles. The minimum absolute atomic E-state index is 0.696. The number of hydrogen-bond acceptors (Lipinski definition) is 2. The zero-order valence-electron chi connectivity index (χ0n) is 13.3. The lowest BCUT2D eigenvalue weighted by molar-refractivity contribution is 0.233. The first-order valence-electron chi connectivity index (χ1n) is 8.66. The summed E-state index contributed by atoms with van der Waals surface area (Å²) in [6, 6.07) is 2.37. The van der Waals surface area contributed by atoms with E-state index in [1.54, 1.807) is 0 Å². The molecule has 1 N–H and O–H groups in total. The third-order valence-electron chi connectivity index (χ3n) is 5.31. The quantitative estimate of drug-likeness (QED) is 0.705. The summed E-state index contributed by atoms with van der Waals surface area (Å²) < 4.78 is 0.